The van der Waals surface area contributed by atoms with Crippen LogP contribution in [0.2, 0.25) is 5.02 Å². The van der Waals surface area contributed by atoms with E-state index >= 15 is 0 Å². The Morgan fingerprint density at radius 2 is 2.13 bits per heavy atom. The molecule has 1 atom stereocenters. The van der Waals surface area contributed by atoms with Crippen LogP contribution in [-0.4, -0.2) is 49.0 Å². The molecule has 2 saturated carbocycles. The lowest BCUT2D eigenvalue weighted by Gasteiger charge is -2.41. The third kappa shape index (κ3) is 3.11. The summed E-state index contributed by atoms with van der Waals surface area (Å²) in [5.74, 6) is 3.81. The van der Waals surface area contributed by atoms with E-state index in [-0.39, 0.29) is 17.2 Å². The van der Waals surface area contributed by atoms with Gasteiger partial charge in [0.25, 0.3) is 0 Å². The molecule has 1 unspecified atom stereocenters. The molecule has 156 valence electrons. The highest BCUT2D eigenvalue weighted by Gasteiger charge is 2.53. The molecule has 3 heterocycles. The van der Waals surface area contributed by atoms with Crippen LogP contribution in [0.4, 0.5) is 0 Å². The molecule has 0 radical (unpaired) electrons. The first-order valence-electron chi connectivity index (χ1n) is 10.9. The molecule has 30 heavy (non-hydrogen) atoms. The number of H-pyrrole nitrogens is 2. The highest BCUT2D eigenvalue weighted by Crippen LogP contribution is 2.55. The number of hydrogen-bond acceptors (Lipinski definition) is 4. The Hall–Kier alpha value is -2.41. The van der Waals surface area contributed by atoms with E-state index in [1.54, 1.807) is 0 Å². The lowest BCUT2D eigenvalue weighted by molar-refractivity contribution is -0.130. The monoisotopic (exact) mass is 424 g/mol. The maximum Gasteiger partial charge on any atom is 0.223 e. The van der Waals surface area contributed by atoms with Crippen LogP contribution in [0.15, 0.2) is 18.2 Å². The average Bonchev–Trinajstić information content (AvgIpc) is 3.15. The number of amides is 1. The Morgan fingerprint density at radius 1 is 1.27 bits per heavy atom. The molecule has 1 aliphatic heterocycles. The van der Waals surface area contributed by atoms with E-state index in [1.807, 2.05) is 23.1 Å². The van der Waals surface area contributed by atoms with Crippen LogP contribution in [0.3, 0.4) is 0 Å². The van der Waals surface area contributed by atoms with Gasteiger partial charge < -0.3 is 9.88 Å². The maximum absolute atomic E-state index is 13.0. The third-order valence-electron chi connectivity index (χ3n) is 7.21. The fourth-order valence-electron chi connectivity index (χ4n) is 5.18. The number of carbonyl (C=O) groups excluding carboxylic acids is 1. The van der Waals surface area contributed by atoms with Gasteiger partial charge in [-0.05, 0) is 49.3 Å². The molecule has 3 fully saturated rings. The predicted molar refractivity (Wildman–Crippen MR) is 113 cm³/mol. The number of likely N-dealkylation sites (tertiary alicyclic amines) is 1. The minimum absolute atomic E-state index is 0.187. The number of aromatic nitrogens is 5. The Kier molecular flexibility index (Phi) is 4.17. The zero-order valence-corrected chi connectivity index (χ0v) is 17.6. The number of imidazole rings is 1. The second-order valence-corrected chi connectivity index (χ2v) is 9.68. The SMILES string of the molecule is O=C(CCc1nc2ccc(Cl)cc2[nH]1)N1CC(c2nc(C3CC3)n[nH]2)C2(CCC2)C1. The number of carbonyl (C=O) groups is 1. The van der Waals surface area contributed by atoms with Crippen molar-refractivity contribution in [3.63, 3.8) is 0 Å². The molecule has 3 aliphatic rings. The number of hydrogen-bond donors (Lipinski definition) is 2. The largest absolute Gasteiger partial charge is 0.342 e. The number of rotatable bonds is 5. The van der Waals surface area contributed by atoms with Gasteiger partial charge in [0.05, 0.1) is 11.0 Å². The second-order valence-electron chi connectivity index (χ2n) is 9.24. The summed E-state index contributed by atoms with van der Waals surface area (Å²) >= 11 is 6.05. The van der Waals surface area contributed by atoms with Gasteiger partial charge in [-0.15, -0.1) is 0 Å². The Bertz CT molecular complexity index is 1110. The molecule has 1 saturated heterocycles. The van der Waals surface area contributed by atoms with Crippen molar-refractivity contribution in [2.24, 2.45) is 5.41 Å². The highest BCUT2D eigenvalue weighted by molar-refractivity contribution is 6.31. The first-order valence-corrected chi connectivity index (χ1v) is 11.3. The van der Waals surface area contributed by atoms with E-state index in [2.05, 4.69) is 20.2 Å². The molecule has 1 spiro atoms. The lowest BCUT2D eigenvalue weighted by atomic mass is 9.62. The number of benzene rings is 1. The van der Waals surface area contributed by atoms with Gasteiger partial charge in [0.15, 0.2) is 5.82 Å². The van der Waals surface area contributed by atoms with Crippen molar-refractivity contribution < 1.29 is 4.79 Å². The van der Waals surface area contributed by atoms with Crippen molar-refractivity contribution in [2.75, 3.05) is 13.1 Å². The summed E-state index contributed by atoms with van der Waals surface area (Å²) in [4.78, 5) is 27.8. The standard InChI is InChI=1S/C22H25ClN6O/c23-14-4-5-16-17(10-14)25-18(24-16)6-7-19(30)29-11-15(22(12-29)8-1-9-22)21-26-20(27-28-21)13-2-3-13/h4-5,10,13,15H,1-3,6-9,11-12H2,(H,24,25)(H,26,27,28). The van der Waals surface area contributed by atoms with Gasteiger partial charge in [-0.25, -0.2) is 9.97 Å². The predicted octanol–water partition coefficient (Wildman–Crippen LogP) is 3.94. The van der Waals surface area contributed by atoms with E-state index < -0.39 is 0 Å². The molecule has 3 aromatic rings. The Labute approximate surface area is 179 Å². The normalized spacial score (nSPS) is 22.7. The van der Waals surface area contributed by atoms with Gasteiger partial charge in [-0.1, -0.05) is 18.0 Å². The summed E-state index contributed by atoms with van der Waals surface area (Å²) in [5.41, 5.74) is 1.98. The van der Waals surface area contributed by atoms with E-state index in [1.165, 1.54) is 32.1 Å². The topological polar surface area (TPSA) is 90.6 Å². The van der Waals surface area contributed by atoms with Gasteiger partial charge in [0, 0.05) is 42.8 Å². The quantitative estimate of drug-likeness (QED) is 0.649. The number of nitrogens with zero attached hydrogens (tertiary/aromatic N) is 4. The van der Waals surface area contributed by atoms with Gasteiger partial charge in [0.1, 0.15) is 11.6 Å². The van der Waals surface area contributed by atoms with Gasteiger partial charge in [0.2, 0.25) is 5.91 Å². The number of aromatic amines is 2. The summed E-state index contributed by atoms with van der Waals surface area (Å²) < 4.78 is 0. The van der Waals surface area contributed by atoms with E-state index in [4.69, 9.17) is 16.6 Å². The fraction of sp³-hybridized carbons (Fsp3) is 0.545. The van der Waals surface area contributed by atoms with Crippen LogP contribution in [-0.2, 0) is 11.2 Å². The van der Waals surface area contributed by atoms with Gasteiger partial charge >= 0.3 is 0 Å². The first kappa shape index (κ1) is 18.4. The summed E-state index contributed by atoms with van der Waals surface area (Å²) in [7, 11) is 0. The number of halogens is 1. The summed E-state index contributed by atoms with van der Waals surface area (Å²) in [5, 5.41) is 8.34. The van der Waals surface area contributed by atoms with E-state index in [0.717, 1.165) is 41.6 Å². The molecule has 0 bridgehead atoms. The maximum atomic E-state index is 13.0. The minimum Gasteiger partial charge on any atom is -0.342 e. The molecule has 2 aliphatic carbocycles. The number of aryl methyl sites for hydroxylation is 1. The Morgan fingerprint density at radius 3 is 2.90 bits per heavy atom. The van der Waals surface area contributed by atoms with Crippen LogP contribution < -0.4 is 0 Å². The molecule has 6 rings (SSSR count). The zero-order valence-electron chi connectivity index (χ0n) is 16.8. The molecule has 1 aromatic carbocycles. The molecule has 7 nitrogen and oxygen atoms in total. The van der Waals surface area contributed by atoms with Gasteiger partial charge in [-0.2, -0.15) is 5.10 Å². The summed E-state index contributed by atoms with van der Waals surface area (Å²) in [6, 6.07) is 5.60. The first-order chi connectivity index (χ1) is 14.6. The van der Waals surface area contributed by atoms with Crippen LogP contribution in [0.1, 0.15) is 67.8 Å². The summed E-state index contributed by atoms with van der Waals surface area (Å²) in [6.45, 7) is 1.58. The summed E-state index contributed by atoms with van der Waals surface area (Å²) in [6.07, 6.45) is 7.05. The molecule has 8 heteroatoms. The van der Waals surface area contributed by atoms with Crippen LogP contribution in [0, 0.1) is 5.41 Å². The van der Waals surface area contributed by atoms with Crippen molar-refractivity contribution in [2.45, 2.75) is 56.8 Å². The third-order valence-corrected chi connectivity index (χ3v) is 7.45. The van der Waals surface area contributed by atoms with Crippen LogP contribution in [0.5, 0.6) is 0 Å². The molecule has 1 amide bonds. The lowest BCUT2D eigenvalue weighted by Crippen LogP contribution is -2.38. The van der Waals surface area contributed by atoms with E-state index in [9.17, 15) is 4.79 Å². The number of fused-ring (bicyclic) bond motifs is 1. The molecule has 2 N–H and O–H groups in total. The van der Waals surface area contributed by atoms with Crippen molar-refractivity contribution in [3.8, 4) is 0 Å². The fourth-order valence-corrected chi connectivity index (χ4v) is 5.35. The molecule has 2 aromatic heterocycles. The van der Waals surface area contributed by atoms with Gasteiger partial charge in [-0.3, -0.25) is 9.89 Å². The van der Waals surface area contributed by atoms with Crippen LogP contribution >= 0.6 is 11.6 Å². The van der Waals surface area contributed by atoms with Crippen LogP contribution in [0.25, 0.3) is 11.0 Å². The van der Waals surface area contributed by atoms with E-state index in [0.29, 0.717) is 23.8 Å². The number of nitrogens with one attached hydrogen (secondary N) is 2. The minimum atomic E-state index is 0.187. The molecular weight excluding hydrogens is 400 g/mol. The molecular formula is C22H25ClN6O. The second kappa shape index (κ2) is 6.80. The Balaban J connectivity index is 1.14. The van der Waals surface area contributed by atoms with Crippen molar-refractivity contribution in [1.29, 1.82) is 0 Å². The highest BCUT2D eigenvalue weighted by atomic mass is 35.5. The van der Waals surface area contributed by atoms with Crippen molar-refractivity contribution >= 4 is 28.5 Å². The zero-order chi connectivity index (χ0) is 20.3. The average molecular weight is 425 g/mol. The van der Waals surface area contributed by atoms with Crippen molar-refractivity contribution in [3.05, 3.63) is 40.7 Å². The van der Waals surface area contributed by atoms with Crippen molar-refractivity contribution in [1.82, 2.24) is 30.0 Å². The smallest absolute Gasteiger partial charge is 0.223 e.